The van der Waals surface area contributed by atoms with Crippen LogP contribution in [0.5, 0.6) is 0 Å². The Morgan fingerprint density at radius 2 is 2.33 bits per heavy atom. The van der Waals surface area contributed by atoms with Crippen molar-refractivity contribution in [3.63, 3.8) is 0 Å². The van der Waals surface area contributed by atoms with E-state index in [-0.39, 0.29) is 10.2 Å². The lowest BCUT2D eigenvalue weighted by molar-refractivity contribution is 0.0311. The number of nitrogens with zero attached hydrogens (tertiary/aromatic N) is 1. The van der Waals surface area contributed by atoms with Crippen LogP contribution in [0, 0.1) is 3.95 Å². The van der Waals surface area contributed by atoms with E-state index in [2.05, 4.69) is 17.2 Å². The third kappa shape index (κ3) is 1.49. The summed E-state index contributed by atoms with van der Waals surface area (Å²) in [5, 5.41) is 17.0. The average molecular weight is 164 g/mol. The van der Waals surface area contributed by atoms with Crippen molar-refractivity contribution >= 4 is 28.6 Å². The molecule has 4 nitrogen and oxygen atoms in total. The minimum atomic E-state index is 0.0248. The van der Waals surface area contributed by atoms with E-state index in [0.29, 0.717) is 3.95 Å². The molecule has 0 spiro atoms. The third-order valence-electron chi connectivity index (χ3n) is 0.708. The van der Waals surface area contributed by atoms with E-state index in [1.807, 2.05) is 0 Å². The molecule has 0 amide bonds. The molecule has 1 heterocycles. The Morgan fingerprint density at radius 3 is 2.56 bits per heavy atom. The van der Waals surface area contributed by atoms with Crippen molar-refractivity contribution in [3.8, 4) is 0 Å². The predicted molar refractivity (Wildman–Crippen MR) is 35.6 cm³/mol. The van der Waals surface area contributed by atoms with Crippen LogP contribution in [0.15, 0.2) is 6.20 Å². The lowest BCUT2D eigenvalue weighted by Crippen LogP contribution is -2.08. The van der Waals surface area contributed by atoms with Crippen LogP contribution in [0.1, 0.15) is 0 Å². The maximum Gasteiger partial charge on any atom is 0.166 e. The minimum Gasteiger partial charge on any atom is -0.341 e. The summed E-state index contributed by atoms with van der Waals surface area (Å²) in [5.74, 6) is 0. The molecular weight excluding hydrogens is 160 g/mol. The maximum atomic E-state index is 8.37. The van der Waals surface area contributed by atoms with Crippen LogP contribution in [0.2, 0.25) is 0 Å². The second kappa shape index (κ2) is 2.44. The van der Waals surface area contributed by atoms with E-state index in [9.17, 15) is 0 Å². The first-order valence-corrected chi connectivity index (χ1v) is 3.29. The van der Waals surface area contributed by atoms with Crippen molar-refractivity contribution in [2.45, 2.75) is 0 Å². The van der Waals surface area contributed by atoms with Gasteiger partial charge in [-0.15, -0.1) is 5.23 Å². The fraction of sp³-hybridized carbons (Fsp3) is 0. The number of hydrogen-bond donors (Lipinski definition) is 3. The molecule has 1 rings (SSSR count). The first kappa shape index (κ1) is 6.69. The second-order valence-electron chi connectivity index (χ2n) is 1.31. The van der Waals surface area contributed by atoms with Crippen LogP contribution in [0.4, 0.5) is 5.00 Å². The molecule has 0 aliphatic rings. The van der Waals surface area contributed by atoms with Crippen LogP contribution in [-0.4, -0.2) is 15.4 Å². The second-order valence-corrected chi connectivity index (χ2v) is 3.00. The van der Waals surface area contributed by atoms with Gasteiger partial charge in [-0.05, 0) is 12.2 Å². The summed E-state index contributed by atoms with van der Waals surface area (Å²) in [5.41, 5.74) is 0. The molecule has 9 heavy (non-hydrogen) atoms. The van der Waals surface area contributed by atoms with Gasteiger partial charge < -0.3 is 4.98 Å². The van der Waals surface area contributed by atoms with Crippen LogP contribution in [-0.2, 0) is 0 Å². The molecule has 0 aliphatic carbocycles. The van der Waals surface area contributed by atoms with Crippen LogP contribution >= 0.6 is 23.6 Å². The predicted octanol–water partition coefficient (Wildman–Crippen LogP) is 1.39. The van der Waals surface area contributed by atoms with Gasteiger partial charge >= 0.3 is 0 Å². The summed E-state index contributed by atoms with van der Waals surface area (Å²) in [7, 11) is 0. The van der Waals surface area contributed by atoms with E-state index >= 15 is 0 Å². The molecule has 3 N–H and O–H groups in total. The summed E-state index contributed by atoms with van der Waals surface area (Å²) in [4.78, 5) is 2.62. The number of H-pyrrole nitrogens is 1. The number of hydrogen-bond acceptors (Lipinski definition) is 5. The Labute approximate surface area is 59.9 Å². The average Bonchev–Trinajstić information content (AvgIpc) is 2.14. The molecule has 0 unspecified atom stereocenters. The van der Waals surface area contributed by atoms with Gasteiger partial charge in [0.2, 0.25) is 0 Å². The van der Waals surface area contributed by atoms with Crippen LogP contribution in [0.3, 0.4) is 0 Å². The lowest BCUT2D eigenvalue weighted by Gasteiger charge is -1.99. The zero-order chi connectivity index (χ0) is 6.85. The molecule has 0 radical (unpaired) electrons. The third-order valence-corrected chi connectivity index (χ3v) is 1.87. The Bertz CT molecular complexity index is 240. The SMILES string of the molecule is ON(O)c1c[nH]c(=S)s1. The summed E-state index contributed by atoms with van der Waals surface area (Å²) in [6, 6.07) is 0. The Hall–Kier alpha value is -0.430. The van der Waals surface area contributed by atoms with Gasteiger partial charge in [-0.3, -0.25) is 10.4 Å². The highest BCUT2D eigenvalue weighted by Crippen LogP contribution is 2.16. The normalized spacial score (nSPS) is 9.56. The summed E-state index contributed by atoms with van der Waals surface area (Å²) in [6.45, 7) is 0. The topological polar surface area (TPSA) is 59.5 Å². The number of aromatic nitrogens is 1. The van der Waals surface area contributed by atoms with Gasteiger partial charge in [0, 0.05) is 6.20 Å². The van der Waals surface area contributed by atoms with E-state index in [1.165, 1.54) is 6.20 Å². The first-order chi connectivity index (χ1) is 4.20. The molecule has 0 aromatic carbocycles. The molecule has 50 valence electrons. The van der Waals surface area contributed by atoms with Gasteiger partial charge in [0.1, 0.15) is 0 Å². The molecule has 0 saturated heterocycles. The summed E-state index contributed by atoms with van der Waals surface area (Å²) >= 11 is 5.75. The zero-order valence-corrected chi connectivity index (χ0v) is 5.87. The molecule has 0 aliphatic heterocycles. The molecule has 6 heteroatoms. The Kier molecular flexibility index (Phi) is 1.81. The van der Waals surface area contributed by atoms with E-state index < -0.39 is 0 Å². The monoisotopic (exact) mass is 164 g/mol. The molecule has 0 atom stereocenters. The number of nitrogens with one attached hydrogen (secondary N) is 1. The van der Waals surface area contributed by atoms with E-state index in [0.717, 1.165) is 11.3 Å². The first-order valence-electron chi connectivity index (χ1n) is 2.06. The number of aromatic amines is 1. The van der Waals surface area contributed by atoms with Crippen LogP contribution < -0.4 is 5.23 Å². The summed E-state index contributed by atoms with van der Waals surface area (Å²) in [6.07, 6.45) is 1.41. The zero-order valence-electron chi connectivity index (χ0n) is 4.24. The van der Waals surface area contributed by atoms with E-state index in [1.54, 1.807) is 0 Å². The largest absolute Gasteiger partial charge is 0.341 e. The number of rotatable bonds is 1. The maximum absolute atomic E-state index is 8.37. The highest BCUT2D eigenvalue weighted by Gasteiger charge is 1.98. The van der Waals surface area contributed by atoms with Crippen molar-refractivity contribution in [2.24, 2.45) is 0 Å². The van der Waals surface area contributed by atoms with Gasteiger partial charge in [0.05, 0.1) is 0 Å². The van der Waals surface area contributed by atoms with Crippen LogP contribution in [0.25, 0.3) is 0 Å². The number of thiazole rings is 1. The summed E-state index contributed by atoms with van der Waals surface area (Å²) < 4.78 is 0.512. The fourth-order valence-electron chi connectivity index (χ4n) is 0.373. The fourth-order valence-corrected chi connectivity index (χ4v) is 1.20. The molecule has 1 aromatic rings. The van der Waals surface area contributed by atoms with Crippen molar-refractivity contribution in [1.82, 2.24) is 4.98 Å². The molecule has 0 fully saturated rings. The standard InChI is InChI=1S/C3H4N2O2S2/c6-5(7)2-1-4-3(8)9-2/h1,6-7H,(H,4,8). The van der Waals surface area contributed by atoms with Crippen molar-refractivity contribution in [3.05, 3.63) is 10.2 Å². The highest BCUT2D eigenvalue weighted by atomic mass is 32.1. The molecule has 0 saturated carbocycles. The minimum absolute atomic E-state index is 0.0248. The van der Waals surface area contributed by atoms with Gasteiger partial charge in [-0.1, -0.05) is 11.3 Å². The molecule has 1 aromatic heterocycles. The quantitative estimate of drug-likeness (QED) is 0.433. The van der Waals surface area contributed by atoms with Gasteiger partial charge in [0.15, 0.2) is 8.96 Å². The van der Waals surface area contributed by atoms with Crippen molar-refractivity contribution < 1.29 is 10.4 Å². The van der Waals surface area contributed by atoms with Gasteiger partial charge in [0.25, 0.3) is 0 Å². The van der Waals surface area contributed by atoms with Gasteiger partial charge in [-0.25, -0.2) is 0 Å². The number of anilines is 1. The lowest BCUT2D eigenvalue weighted by atomic mass is 10.9. The van der Waals surface area contributed by atoms with E-state index in [4.69, 9.17) is 10.4 Å². The molecular formula is C3H4N2O2S2. The smallest absolute Gasteiger partial charge is 0.166 e. The Morgan fingerprint density at radius 1 is 1.67 bits per heavy atom. The Balaban J connectivity index is 2.98. The van der Waals surface area contributed by atoms with Crippen molar-refractivity contribution in [1.29, 1.82) is 0 Å². The van der Waals surface area contributed by atoms with Crippen molar-refractivity contribution in [2.75, 3.05) is 5.23 Å². The molecule has 0 bridgehead atoms. The highest BCUT2D eigenvalue weighted by molar-refractivity contribution is 7.73. The van der Waals surface area contributed by atoms with Gasteiger partial charge in [-0.2, -0.15) is 0 Å².